The minimum Gasteiger partial charge on any atom is -0.487 e. The number of aryl methyl sites for hydroxylation is 1. The van der Waals surface area contributed by atoms with Gasteiger partial charge < -0.3 is 20.3 Å². The van der Waals surface area contributed by atoms with Crippen molar-refractivity contribution in [3.63, 3.8) is 0 Å². The van der Waals surface area contributed by atoms with Crippen LogP contribution < -0.4 is 10.1 Å². The van der Waals surface area contributed by atoms with E-state index >= 15 is 0 Å². The number of halogens is 4. The molecule has 3 N–H and O–H groups in total. The topological polar surface area (TPSA) is 61.7 Å². The van der Waals surface area contributed by atoms with Crippen molar-refractivity contribution in [2.75, 3.05) is 25.1 Å². The van der Waals surface area contributed by atoms with Crippen LogP contribution in [-0.4, -0.2) is 48.4 Å². The molecule has 0 amide bonds. The zero-order valence-electron chi connectivity index (χ0n) is 11.3. The SMILES string of the molecule is Cc1cc(OCC(F)(F)C(F)F)ccc1NCC(O)CO. The lowest BCUT2D eigenvalue weighted by Gasteiger charge is -2.17. The van der Waals surface area contributed by atoms with Crippen LogP contribution in [0.1, 0.15) is 5.56 Å². The Bertz CT molecular complexity index is 457. The summed E-state index contributed by atoms with van der Waals surface area (Å²) in [6.07, 6.45) is -4.70. The van der Waals surface area contributed by atoms with Gasteiger partial charge in [0.15, 0.2) is 6.61 Å². The summed E-state index contributed by atoms with van der Waals surface area (Å²) in [5, 5.41) is 20.7. The highest BCUT2D eigenvalue weighted by Crippen LogP contribution is 2.26. The van der Waals surface area contributed by atoms with Gasteiger partial charge >= 0.3 is 12.3 Å². The van der Waals surface area contributed by atoms with Gasteiger partial charge in [-0.15, -0.1) is 0 Å². The predicted molar refractivity (Wildman–Crippen MR) is 69.2 cm³/mol. The van der Waals surface area contributed by atoms with Gasteiger partial charge in [-0.1, -0.05) is 0 Å². The first-order valence-corrected chi connectivity index (χ1v) is 6.18. The van der Waals surface area contributed by atoms with Crippen LogP contribution >= 0.6 is 0 Å². The maximum absolute atomic E-state index is 12.7. The molecule has 1 atom stereocenters. The third-order valence-corrected chi connectivity index (χ3v) is 2.69. The standard InChI is InChI=1S/C13H17F4NO3/c1-8-4-10(21-7-13(16,17)12(14)15)2-3-11(8)18-5-9(20)6-19/h2-4,9,12,18-20H,5-7H2,1H3. The molecule has 0 radical (unpaired) electrons. The number of benzene rings is 1. The molecule has 0 aliphatic carbocycles. The van der Waals surface area contributed by atoms with Crippen molar-refractivity contribution in [2.24, 2.45) is 0 Å². The van der Waals surface area contributed by atoms with Crippen LogP contribution in [-0.2, 0) is 0 Å². The molecule has 120 valence electrons. The minimum atomic E-state index is -4.20. The van der Waals surface area contributed by atoms with E-state index in [0.29, 0.717) is 11.3 Å². The number of nitrogens with one attached hydrogen (secondary N) is 1. The summed E-state index contributed by atoms with van der Waals surface area (Å²) < 4.78 is 54.1. The number of anilines is 1. The molecule has 0 aromatic heterocycles. The van der Waals surface area contributed by atoms with E-state index in [4.69, 9.17) is 5.11 Å². The van der Waals surface area contributed by atoms with Crippen molar-refractivity contribution in [3.05, 3.63) is 23.8 Å². The summed E-state index contributed by atoms with van der Waals surface area (Å²) in [4.78, 5) is 0. The molecule has 1 aromatic carbocycles. The summed E-state index contributed by atoms with van der Waals surface area (Å²) in [5.74, 6) is -4.16. The van der Waals surface area contributed by atoms with Crippen LogP contribution in [0.25, 0.3) is 0 Å². The van der Waals surface area contributed by atoms with Gasteiger partial charge in [0.2, 0.25) is 0 Å². The fraction of sp³-hybridized carbons (Fsp3) is 0.538. The van der Waals surface area contributed by atoms with Crippen LogP contribution in [0, 0.1) is 6.92 Å². The molecule has 0 aliphatic heterocycles. The van der Waals surface area contributed by atoms with Gasteiger partial charge in [-0.2, -0.15) is 8.78 Å². The monoisotopic (exact) mass is 311 g/mol. The van der Waals surface area contributed by atoms with Gasteiger partial charge in [-0.3, -0.25) is 0 Å². The highest BCUT2D eigenvalue weighted by atomic mass is 19.3. The molecule has 21 heavy (non-hydrogen) atoms. The van der Waals surface area contributed by atoms with E-state index in [1.165, 1.54) is 18.2 Å². The van der Waals surface area contributed by atoms with E-state index in [2.05, 4.69) is 10.1 Å². The normalized spacial score (nSPS) is 13.3. The Morgan fingerprint density at radius 2 is 2.00 bits per heavy atom. The van der Waals surface area contributed by atoms with Crippen molar-refractivity contribution < 1.29 is 32.5 Å². The molecule has 0 aliphatic rings. The predicted octanol–water partition coefficient (Wildman–Crippen LogP) is 2.04. The molecular formula is C13H17F4NO3. The van der Waals surface area contributed by atoms with E-state index in [1.54, 1.807) is 6.92 Å². The van der Waals surface area contributed by atoms with E-state index in [9.17, 15) is 22.7 Å². The zero-order chi connectivity index (χ0) is 16.0. The Balaban J connectivity index is 2.62. The van der Waals surface area contributed by atoms with E-state index in [-0.39, 0.29) is 12.3 Å². The molecule has 0 fully saturated rings. The first-order valence-electron chi connectivity index (χ1n) is 6.18. The van der Waals surface area contributed by atoms with Crippen molar-refractivity contribution in [1.82, 2.24) is 0 Å². The van der Waals surface area contributed by atoms with E-state index < -0.39 is 31.7 Å². The molecule has 8 heteroatoms. The lowest BCUT2D eigenvalue weighted by Crippen LogP contribution is -2.33. The highest BCUT2D eigenvalue weighted by Gasteiger charge is 2.41. The van der Waals surface area contributed by atoms with E-state index in [1.807, 2.05) is 0 Å². The smallest absolute Gasteiger partial charge is 0.340 e. The van der Waals surface area contributed by atoms with Crippen molar-refractivity contribution >= 4 is 5.69 Å². The second-order valence-electron chi connectivity index (χ2n) is 4.54. The average molecular weight is 311 g/mol. The largest absolute Gasteiger partial charge is 0.487 e. The Morgan fingerprint density at radius 3 is 2.52 bits per heavy atom. The quantitative estimate of drug-likeness (QED) is 0.643. The van der Waals surface area contributed by atoms with Crippen molar-refractivity contribution in [1.29, 1.82) is 0 Å². The first kappa shape index (κ1) is 17.5. The fourth-order valence-electron chi connectivity index (χ4n) is 1.46. The summed E-state index contributed by atoms with van der Waals surface area (Å²) in [5.41, 5.74) is 1.23. The molecule has 0 saturated heterocycles. The third-order valence-electron chi connectivity index (χ3n) is 2.69. The van der Waals surface area contributed by atoms with Gasteiger partial charge in [0, 0.05) is 12.2 Å². The van der Waals surface area contributed by atoms with Gasteiger partial charge in [-0.05, 0) is 30.7 Å². The average Bonchev–Trinajstić information content (AvgIpc) is 2.43. The van der Waals surface area contributed by atoms with E-state index in [0.717, 1.165) is 0 Å². The molecule has 0 spiro atoms. The van der Waals surface area contributed by atoms with Crippen LogP contribution in [0.5, 0.6) is 5.75 Å². The maximum Gasteiger partial charge on any atom is 0.340 e. The number of aliphatic hydroxyl groups excluding tert-OH is 2. The van der Waals surface area contributed by atoms with Gasteiger partial charge in [0.25, 0.3) is 0 Å². The van der Waals surface area contributed by atoms with Crippen molar-refractivity contribution in [2.45, 2.75) is 25.4 Å². The highest BCUT2D eigenvalue weighted by molar-refractivity contribution is 5.53. The molecule has 4 nitrogen and oxygen atoms in total. The summed E-state index contributed by atoms with van der Waals surface area (Å²) in [6, 6.07) is 4.27. The Morgan fingerprint density at radius 1 is 1.33 bits per heavy atom. The Kier molecular flexibility index (Phi) is 6.22. The number of ether oxygens (including phenoxy) is 1. The van der Waals surface area contributed by atoms with Crippen LogP contribution in [0.3, 0.4) is 0 Å². The molecule has 1 rings (SSSR count). The molecule has 0 heterocycles. The molecule has 0 bridgehead atoms. The zero-order valence-corrected chi connectivity index (χ0v) is 11.3. The number of hydrogen-bond acceptors (Lipinski definition) is 4. The fourth-order valence-corrected chi connectivity index (χ4v) is 1.46. The Hall–Kier alpha value is -1.54. The molecule has 1 unspecified atom stereocenters. The molecular weight excluding hydrogens is 294 g/mol. The minimum absolute atomic E-state index is 0.0427. The van der Waals surface area contributed by atoms with Gasteiger partial charge in [0.1, 0.15) is 5.75 Å². The second-order valence-corrected chi connectivity index (χ2v) is 4.54. The van der Waals surface area contributed by atoms with Gasteiger partial charge in [-0.25, -0.2) is 8.78 Å². The number of hydrogen-bond donors (Lipinski definition) is 3. The summed E-state index contributed by atoms with van der Waals surface area (Å²) >= 11 is 0. The van der Waals surface area contributed by atoms with Crippen molar-refractivity contribution in [3.8, 4) is 5.75 Å². The lowest BCUT2D eigenvalue weighted by molar-refractivity contribution is -0.148. The van der Waals surface area contributed by atoms with Gasteiger partial charge in [0.05, 0.1) is 12.7 Å². The maximum atomic E-state index is 12.7. The third kappa shape index (κ3) is 5.39. The Labute approximate surface area is 119 Å². The lowest BCUT2D eigenvalue weighted by atomic mass is 10.2. The first-order chi connectivity index (χ1) is 9.76. The number of rotatable bonds is 8. The number of aliphatic hydroxyl groups is 2. The van der Waals surface area contributed by atoms with Crippen LogP contribution in [0.2, 0.25) is 0 Å². The summed E-state index contributed by atoms with van der Waals surface area (Å²) in [7, 11) is 0. The molecule has 0 saturated carbocycles. The summed E-state index contributed by atoms with van der Waals surface area (Å²) in [6.45, 7) is -0.0250. The van der Waals surface area contributed by atoms with Crippen LogP contribution in [0.15, 0.2) is 18.2 Å². The molecule has 1 aromatic rings. The number of alkyl halides is 4. The van der Waals surface area contributed by atoms with Crippen LogP contribution in [0.4, 0.5) is 23.2 Å². The second kappa shape index (κ2) is 7.46.